The van der Waals surface area contributed by atoms with Crippen molar-refractivity contribution < 1.29 is 26.4 Å². The number of carbonyl (C=O) groups excluding carboxylic acids is 1. The number of alkyl halides is 3. The maximum Gasteiger partial charge on any atom is 0.418 e. The van der Waals surface area contributed by atoms with E-state index in [9.17, 15) is 26.4 Å². The van der Waals surface area contributed by atoms with Crippen LogP contribution >= 0.6 is 0 Å². The minimum atomic E-state index is -4.61. The topological polar surface area (TPSA) is 75.3 Å². The highest BCUT2D eigenvalue weighted by Crippen LogP contribution is 2.34. The Bertz CT molecular complexity index is 600. The average Bonchev–Trinajstić information content (AvgIpc) is 2.36. The molecule has 2 N–H and O–H groups in total. The second-order valence-electron chi connectivity index (χ2n) is 4.23. The molecular formula is C12H15F3N2O3S. The van der Waals surface area contributed by atoms with Gasteiger partial charge in [-0.2, -0.15) is 13.2 Å². The molecule has 1 aromatic carbocycles. The summed E-state index contributed by atoms with van der Waals surface area (Å²) in [6, 6.07) is 4.46. The predicted molar refractivity (Wildman–Crippen MR) is 72.2 cm³/mol. The minimum absolute atomic E-state index is 0.153. The van der Waals surface area contributed by atoms with Gasteiger partial charge in [-0.3, -0.25) is 4.79 Å². The molecule has 21 heavy (non-hydrogen) atoms. The molecule has 0 aromatic heterocycles. The molecule has 1 rings (SSSR count). The Morgan fingerprint density at radius 2 is 1.86 bits per heavy atom. The van der Waals surface area contributed by atoms with Crippen LogP contribution in [0, 0.1) is 0 Å². The SMILES string of the molecule is CCCS(=O)(=O)NCC(=O)Nc1ccccc1C(F)(F)F. The van der Waals surface area contributed by atoms with Crippen LogP contribution in [0.5, 0.6) is 0 Å². The van der Waals surface area contributed by atoms with E-state index in [1.165, 1.54) is 12.1 Å². The van der Waals surface area contributed by atoms with Gasteiger partial charge in [0, 0.05) is 0 Å². The second-order valence-corrected chi connectivity index (χ2v) is 6.16. The van der Waals surface area contributed by atoms with Gasteiger partial charge in [0.1, 0.15) is 0 Å². The summed E-state index contributed by atoms with van der Waals surface area (Å²) < 4.78 is 62.8. The molecule has 0 aliphatic heterocycles. The van der Waals surface area contributed by atoms with E-state index >= 15 is 0 Å². The Balaban J connectivity index is 2.73. The van der Waals surface area contributed by atoms with Crippen molar-refractivity contribution in [3.63, 3.8) is 0 Å². The molecule has 1 amide bonds. The van der Waals surface area contributed by atoms with Gasteiger partial charge in [0.15, 0.2) is 0 Å². The molecule has 0 saturated carbocycles. The van der Waals surface area contributed by atoms with E-state index in [1.54, 1.807) is 6.92 Å². The first-order chi connectivity index (χ1) is 9.65. The number of rotatable bonds is 6. The molecule has 0 saturated heterocycles. The monoisotopic (exact) mass is 324 g/mol. The number of nitrogens with one attached hydrogen (secondary N) is 2. The standard InChI is InChI=1S/C12H15F3N2O3S/c1-2-7-21(19,20)16-8-11(18)17-10-6-4-3-5-9(10)12(13,14)15/h3-6,16H,2,7-8H2,1H3,(H,17,18). The van der Waals surface area contributed by atoms with Gasteiger partial charge < -0.3 is 5.32 Å². The number of carbonyl (C=O) groups is 1. The van der Waals surface area contributed by atoms with E-state index in [0.717, 1.165) is 12.1 Å². The molecular weight excluding hydrogens is 309 g/mol. The zero-order valence-corrected chi connectivity index (χ0v) is 12.0. The normalized spacial score (nSPS) is 12.2. The lowest BCUT2D eigenvalue weighted by Crippen LogP contribution is -2.34. The largest absolute Gasteiger partial charge is 0.418 e. The van der Waals surface area contributed by atoms with E-state index in [-0.39, 0.29) is 5.75 Å². The number of hydrogen-bond donors (Lipinski definition) is 2. The summed E-state index contributed by atoms with van der Waals surface area (Å²) in [6.45, 7) is 1.04. The van der Waals surface area contributed by atoms with Crippen LogP contribution in [0.3, 0.4) is 0 Å². The number of anilines is 1. The van der Waals surface area contributed by atoms with Gasteiger partial charge >= 0.3 is 6.18 Å². The van der Waals surface area contributed by atoms with Crippen molar-refractivity contribution in [3.8, 4) is 0 Å². The predicted octanol–water partition coefficient (Wildman–Crippen LogP) is 1.97. The summed E-state index contributed by atoms with van der Waals surface area (Å²) in [5, 5.41) is 2.05. The quantitative estimate of drug-likeness (QED) is 0.840. The summed E-state index contributed by atoms with van der Waals surface area (Å²) in [5.74, 6) is -1.02. The van der Waals surface area contributed by atoms with Crippen LogP contribution in [0.15, 0.2) is 24.3 Å². The number of amides is 1. The Labute approximate surface area is 120 Å². The Morgan fingerprint density at radius 3 is 2.43 bits per heavy atom. The summed E-state index contributed by atoms with van der Waals surface area (Å²) >= 11 is 0. The zero-order valence-electron chi connectivity index (χ0n) is 11.2. The molecule has 0 fully saturated rings. The van der Waals surface area contributed by atoms with Gasteiger partial charge in [0.25, 0.3) is 0 Å². The lowest BCUT2D eigenvalue weighted by Gasteiger charge is -2.13. The molecule has 0 bridgehead atoms. The van der Waals surface area contributed by atoms with Crippen molar-refractivity contribution in [3.05, 3.63) is 29.8 Å². The van der Waals surface area contributed by atoms with Crippen molar-refractivity contribution in [2.45, 2.75) is 19.5 Å². The summed E-state index contributed by atoms with van der Waals surface area (Å²) in [6.07, 6.45) is -4.24. The minimum Gasteiger partial charge on any atom is -0.324 e. The van der Waals surface area contributed by atoms with Crippen LogP contribution in [-0.4, -0.2) is 26.6 Å². The van der Waals surface area contributed by atoms with Crippen LogP contribution in [0.4, 0.5) is 18.9 Å². The summed E-state index contributed by atoms with van der Waals surface area (Å²) in [7, 11) is -3.59. The van der Waals surface area contributed by atoms with E-state index in [4.69, 9.17) is 0 Å². The van der Waals surface area contributed by atoms with Gasteiger partial charge in [0.2, 0.25) is 15.9 Å². The van der Waals surface area contributed by atoms with E-state index in [0.29, 0.717) is 6.42 Å². The molecule has 0 aliphatic carbocycles. The number of halogens is 3. The first-order valence-electron chi connectivity index (χ1n) is 6.09. The van der Waals surface area contributed by atoms with Crippen molar-refractivity contribution in [2.24, 2.45) is 0 Å². The average molecular weight is 324 g/mol. The van der Waals surface area contributed by atoms with Crippen molar-refractivity contribution in [1.82, 2.24) is 4.72 Å². The van der Waals surface area contributed by atoms with Crippen molar-refractivity contribution in [2.75, 3.05) is 17.6 Å². The molecule has 0 spiro atoms. The molecule has 0 unspecified atom stereocenters. The third-order valence-electron chi connectivity index (χ3n) is 2.43. The number of hydrogen-bond acceptors (Lipinski definition) is 3. The zero-order chi connectivity index (χ0) is 16.1. The van der Waals surface area contributed by atoms with Gasteiger partial charge in [0.05, 0.1) is 23.5 Å². The molecule has 0 aliphatic rings. The Hall–Kier alpha value is -1.61. The Kier molecular flexibility index (Phi) is 5.73. The first kappa shape index (κ1) is 17.4. The lowest BCUT2D eigenvalue weighted by molar-refractivity contribution is -0.137. The molecule has 0 radical (unpaired) electrons. The Morgan fingerprint density at radius 1 is 1.24 bits per heavy atom. The number of sulfonamides is 1. The maximum atomic E-state index is 12.7. The number of benzene rings is 1. The third-order valence-corrected chi connectivity index (χ3v) is 3.96. The van der Waals surface area contributed by atoms with Gasteiger partial charge in [-0.25, -0.2) is 13.1 Å². The molecule has 118 valence electrons. The smallest absolute Gasteiger partial charge is 0.324 e. The van der Waals surface area contributed by atoms with E-state index < -0.39 is 39.9 Å². The summed E-state index contributed by atoms with van der Waals surface area (Å²) in [5.41, 5.74) is -1.40. The summed E-state index contributed by atoms with van der Waals surface area (Å²) in [4.78, 5) is 11.5. The van der Waals surface area contributed by atoms with Crippen molar-refractivity contribution in [1.29, 1.82) is 0 Å². The van der Waals surface area contributed by atoms with Gasteiger partial charge in [-0.1, -0.05) is 19.1 Å². The van der Waals surface area contributed by atoms with E-state index in [2.05, 4.69) is 0 Å². The van der Waals surface area contributed by atoms with Gasteiger partial charge in [-0.05, 0) is 18.6 Å². The molecule has 1 aromatic rings. The fourth-order valence-electron chi connectivity index (χ4n) is 1.55. The molecule has 0 heterocycles. The maximum absolute atomic E-state index is 12.7. The van der Waals surface area contributed by atoms with Crippen LogP contribution in [-0.2, 0) is 21.0 Å². The number of para-hydroxylation sites is 1. The first-order valence-corrected chi connectivity index (χ1v) is 7.74. The van der Waals surface area contributed by atoms with Gasteiger partial charge in [-0.15, -0.1) is 0 Å². The second kappa shape index (κ2) is 6.90. The lowest BCUT2D eigenvalue weighted by atomic mass is 10.1. The molecule has 9 heteroatoms. The van der Waals surface area contributed by atoms with Crippen LogP contribution < -0.4 is 10.0 Å². The van der Waals surface area contributed by atoms with Crippen LogP contribution in [0.1, 0.15) is 18.9 Å². The fourth-order valence-corrected chi connectivity index (χ4v) is 2.58. The van der Waals surface area contributed by atoms with Crippen LogP contribution in [0.2, 0.25) is 0 Å². The highest BCUT2D eigenvalue weighted by atomic mass is 32.2. The van der Waals surface area contributed by atoms with Crippen molar-refractivity contribution >= 4 is 21.6 Å². The highest BCUT2D eigenvalue weighted by molar-refractivity contribution is 7.89. The molecule has 0 atom stereocenters. The highest BCUT2D eigenvalue weighted by Gasteiger charge is 2.33. The molecule has 5 nitrogen and oxygen atoms in total. The van der Waals surface area contributed by atoms with Crippen LogP contribution in [0.25, 0.3) is 0 Å². The fraction of sp³-hybridized carbons (Fsp3) is 0.417. The third kappa shape index (κ3) is 5.72. The van der Waals surface area contributed by atoms with E-state index in [1.807, 2.05) is 10.0 Å².